The average molecular weight is 299 g/mol. The summed E-state index contributed by atoms with van der Waals surface area (Å²) >= 11 is 0. The number of nitrogens with zero attached hydrogens (tertiary/aromatic N) is 1. The zero-order valence-corrected chi connectivity index (χ0v) is 13.3. The van der Waals surface area contributed by atoms with E-state index in [1.165, 1.54) is 12.8 Å². The Morgan fingerprint density at radius 3 is 2.48 bits per heavy atom. The summed E-state index contributed by atoms with van der Waals surface area (Å²) in [5, 5.41) is 10.8. The molecule has 0 aromatic carbocycles. The molecule has 2 rings (SSSR count). The third-order valence-corrected chi connectivity index (χ3v) is 4.68. The largest absolute Gasteiger partial charge is 0.466 e. The second kappa shape index (κ2) is 7.56. The van der Waals surface area contributed by atoms with Gasteiger partial charge in [0.1, 0.15) is 0 Å². The van der Waals surface area contributed by atoms with Gasteiger partial charge in [0.25, 0.3) is 0 Å². The predicted octanol–water partition coefficient (Wildman–Crippen LogP) is 1.58. The van der Waals surface area contributed by atoms with Gasteiger partial charge >= 0.3 is 5.97 Å². The van der Waals surface area contributed by atoms with E-state index in [1.807, 2.05) is 6.92 Å². The van der Waals surface area contributed by atoms with Crippen molar-refractivity contribution in [1.29, 1.82) is 0 Å². The number of hydrogen-bond acceptors (Lipinski definition) is 5. The van der Waals surface area contributed by atoms with Crippen molar-refractivity contribution in [2.45, 2.75) is 57.1 Å². The summed E-state index contributed by atoms with van der Waals surface area (Å²) in [5.74, 6) is -0.128. The van der Waals surface area contributed by atoms with E-state index in [0.717, 1.165) is 19.4 Å². The molecule has 0 bridgehead atoms. The van der Waals surface area contributed by atoms with Gasteiger partial charge in [0, 0.05) is 26.2 Å². The molecule has 2 fully saturated rings. The van der Waals surface area contributed by atoms with Gasteiger partial charge in [0.2, 0.25) is 0 Å². The molecule has 0 atom stereocenters. The fourth-order valence-electron chi connectivity index (χ4n) is 3.23. The summed E-state index contributed by atoms with van der Waals surface area (Å²) < 4.78 is 10.2. The lowest BCUT2D eigenvalue weighted by molar-refractivity contribution is -0.151. The molecule has 0 aromatic rings. The minimum atomic E-state index is -0.653. The van der Waals surface area contributed by atoms with Gasteiger partial charge in [-0.15, -0.1) is 0 Å². The van der Waals surface area contributed by atoms with Crippen LogP contribution in [-0.2, 0) is 14.3 Å². The molecule has 0 saturated heterocycles. The number of aliphatic hydroxyl groups is 1. The maximum absolute atomic E-state index is 11.8. The van der Waals surface area contributed by atoms with Gasteiger partial charge in [-0.1, -0.05) is 0 Å². The SMILES string of the molecule is CCOC(=O)C1CCC(O)(CN(CCOC)C2CC2)CC1. The van der Waals surface area contributed by atoms with Gasteiger partial charge in [-0.25, -0.2) is 0 Å². The number of methoxy groups -OCH3 is 1. The maximum Gasteiger partial charge on any atom is 0.308 e. The second-order valence-electron chi connectivity index (χ2n) is 6.45. The van der Waals surface area contributed by atoms with Crippen LogP contribution in [0.3, 0.4) is 0 Å². The van der Waals surface area contributed by atoms with E-state index in [4.69, 9.17) is 9.47 Å². The monoisotopic (exact) mass is 299 g/mol. The van der Waals surface area contributed by atoms with Gasteiger partial charge in [-0.3, -0.25) is 9.69 Å². The molecule has 0 heterocycles. The fourth-order valence-corrected chi connectivity index (χ4v) is 3.23. The maximum atomic E-state index is 11.8. The molecule has 0 amide bonds. The number of esters is 1. The minimum absolute atomic E-state index is 0.0291. The lowest BCUT2D eigenvalue weighted by atomic mass is 9.78. The number of rotatable bonds is 8. The van der Waals surface area contributed by atoms with E-state index in [9.17, 15) is 9.90 Å². The molecule has 0 radical (unpaired) electrons. The number of ether oxygens (including phenoxy) is 2. The molecule has 2 saturated carbocycles. The molecule has 122 valence electrons. The van der Waals surface area contributed by atoms with Gasteiger partial charge in [0.15, 0.2) is 0 Å². The molecule has 5 heteroatoms. The minimum Gasteiger partial charge on any atom is -0.466 e. The van der Waals surface area contributed by atoms with Crippen LogP contribution >= 0.6 is 0 Å². The van der Waals surface area contributed by atoms with Crippen LogP contribution in [0.2, 0.25) is 0 Å². The van der Waals surface area contributed by atoms with Gasteiger partial charge in [-0.2, -0.15) is 0 Å². The van der Waals surface area contributed by atoms with Crippen LogP contribution < -0.4 is 0 Å². The quantitative estimate of drug-likeness (QED) is 0.690. The standard InChI is InChI=1S/C16H29NO4/c1-3-21-15(18)13-6-8-16(19,9-7-13)12-17(10-11-20-2)14-4-5-14/h13-14,19H,3-12H2,1-2H3. The highest BCUT2D eigenvalue weighted by Gasteiger charge is 2.40. The van der Waals surface area contributed by atoms with E-state index in [2.05, 4.69) is 4.90 Å². The second-order valence-corrected chi connectivity index (χ2v) is 6.45. The normalized spacial score (nSPS) is 29.6. The molecular weight excluding hydrogens is 270 g/mol. The molecule has 0 aliphatic heterocycles. The molecule has 0 spiro atoms. The first-order chi connectivity index (χ1) is 10.1. The molecule has 2 aliphatic carbocycles. The predicted molar refractivity (Wildman–Crippen MR) is 80.0 cm³/mol. The van der Waals surface area contributed by atoms with Crippen LogP contribution in [0.15, 0.2) is 0 Å². The van der Waals surface area contributed by atoms with Crippen LogP contribution in [0.1, 0.15) is 45.4 Å². The average Bonchev–Trinajstić information content (AvgIpc) is 3.29. The Morgan fingerprint density at radius 1 is 1.29 bits per heavy atom. The Labute approximate surface area is 127 Å². The van der Waals surface area contributed by atoms with E-state index < -0.39 is 5.60 Å². The Bertz CT molecular complexity index is 335. The lowest BCUT2D eigenvalue weighted by Crippen LogP contribution is -2.48. The first kappa shape index (κ1) is 16.7. The van der Waals surface area contributed by atoms with Crippen LogP contribution in [0.4, 0.5) is 0 Å². The highest BCUT2D eigenvalue weighted by atomic mass is 16.5. The number of hydrogen-bond donors (Lipinski definition) is 1. The summed E-state index contributed by atoms with van der Waals surface area (Å²) in [6.07, 6.45) is 5.30. The third-order valence-electron chi connectivity index (χ3n) is 4.68. The van der Waals surface area contributed by atoms with Gasteiger partial charge < -0.3 is 14.6 Å². The van der Waals surface area contributed by atoms with Crippen molar-refractivity contribution in [3.63, 3.8) is 0 Å². The van der Waals surface area contributed by atoms with Crippen LogP contribution in [0, 0.1) is 5.92 Å². The zero-order chi connectivity index (χ0) is 15.3. The summed E-state index contributed by atoms with van der Waals surface area (Å²) in [6.45, 7) is 4.56. The summed E-state index contributed by atoms with van der Waals surface area (Å²) in [7, 11) is 1.71. The fraction of sp³-hybridized carbons (Fsp3) is 0.938. The topological polar surface area (TPSA) is 59.0 Å². The van der Waals surface area contributed by atoms with E-state index in [1.54, 1.807) is 7.11 Å². The van der Waals surface area contributed by atoms with Crippen LogP contribution in [0.25, 0.3) is 0 Å². The van der Waals surface area contributed by atoms with Crippen molar-refractivity contribution in [1.82, 2.24) is 4.90 Å². The van der Waals surface area contributed by atoms with Crippen LogP contribution in [-0.4, -0.2) is 61.0 Å². The number of carbonyl (C=O) groups excluding carboxylic acids is 1. The summed E-state index contributed by atoms with van der Waals surface area (Å²) in [6, 6.07) is 0.618. The van der Waals surface area contributed by atoms with Crippen molar-refractivity contribution < 1.29 is 19.4 Å². The van der Waals surface area contributed by atoms with E-state index >= 15 is 0 Å². The van der Waals surface area contributed by atoms with Crippen molar-refractivity contribution in [3.05, 3.63) is 0 Å². The summed E-state index contributed by atoms with van der Waals surface area (Å²) in [5.41, 5.74) is -0.653. The highest BCUT2D eigenvalue weighted by Crippen LogP contribution is 2.36. The molecule has 2 aliphatic rings. The summed E-state index contributed by atoms with van der Waals surface area (Å²) in [4.78, 5) is 14.1. The van der Waals surface area contributed by atoms with E-state index in [0.29, 0.717) is 38.6 Å². The smallest absolute Gasteiger partial charge is 0.308 e. The molecule has 1 N–H and O–H groups in total. The van der Waals surface area contributed by atoms with Crippen LogP contribution in [0.5, 0.6) is 0 Å². The Morgan fingerprint density at radius 2 is 1.95 bits per heavy atom. The highest BCUT2D eigenvalue weighted by molar-refractivity contribution is 5.72. The first-order valence-electron chi connectivity index (χ1n) is 8.20. The lowest BCUT2D eigenvalue weighted by Gasteiger charge is -2.39. The van der Waals surface area contributed by atoms with Gasteiger partial charge in [0.05, 0.1) is 24.7 Å². The van der Waals surface area contributed by atoms with Crippen molar-refractivity contribution in [2.24, 2.45) is 5.92 Å². The Hall–Kier alpha value is -0.650. The Kier molecular flexibility index (Phi) is 6.02. The number of carbonyl (C=O) groups is 1. The Balaban J connectivity index is 1.81. The molecular formula is C16H29NO4. The first-order valence-corrected chi connectivity index (χ1v) is 8.20. The van der Waals surface area contributed by atoms with Crippen molar-refractivity contribution >= 4 is 5.97 Å². The third kappa shape index (κ3) is 4.94. The zero-order valence-electron chi connectivity index (χ0n) is 13.3. The van der Waals surface area contributed by atoms with Crippen molar-refractivity contribution in [2.75, 3.05) is 33.4 Å². The molecule has 0 aromatic heterocycles. The molecule has 0 unspecified atom stereocenters. The van der Waals surface area contributed by atoms with Gasteiger partial charge in [-0.05, 0) is 45.4 Å². The van der Waals surface area contributed by atoms with Crippen molar-refractivity contribution in [3.8, 4) is 0 Å². The van der Waals surface area contributed by atoms with E-state index in [-0.39, 0.29) is 11.9 Å². The molecule has 5 nitrogen and oxygen atoms in total. The molecule has 21 heavy (non-hydrogen) atoms.